The molecule has 0 radical (unpaired) electrons. The predicted octanol–water partition coefficient (Wildman–Crippen LogP) is 5.00. The van der Waals surface area contributed by atoms with Gasteiger partial charge in [0, 0.05) is 12.1 Å². The van der Waals surface area contributed by atoms with Crippen LogP contribution in [0.3, 0.4) is 0 Å². The molecular weight excluding hydrogens is 468 g/mol. The van der Waals surface area contributed by atoms with E-state index in [1.165, 1.54) is 4.68 Å². The van der Waals surface area contributed by atoms with Crippen molar-refractivity contribution in [3.05, 3.63) is 63.0 Å². The Balaban J connectivity index is 1.47. The van der Waals surface area contributed by atoms with Crippen molar-refractivity contribution >= 4 is 39.3 Å². The number of aromatic nitrogens is 4. The summed E-state index contributed by atoms with van der Waals surface area (Å²) >= 11 is 9.41. The lowest BCUT2D eigenvalue weighted by Crippen LogP contribution is -2.21. The van der Waals surface area contributed by atoms with Crippen LogP contribution < -0.4 is 5.32 Å². The molecular formula is C19H17BrClF2N5O. The van der Waals surface area contributed by atoms with E-state index in [1.807, 2.05) is 30.3 Å². The topological polar surface area (TPSA) is 64.7 Å². The Kier molecular flexibility index (Phi) is 5.69. The average Bonchev–Trinajstić information content (AvgIpc) is 3.37. The summed E-state index contributed by atoms with van der Waals surface area (Å²) < 4.78 is 29.6. The number of hydrogen-bond donors (Lipinski definition) is 1. The third kappa shape index (κ3) is 4.51. The first kappa shape index (κ1) is 20.0. The molecule has 3 aromatic rings. The monoisotopic (exact) mass is 483 g/mol. The fraction of sp³-hybridized carbons (Fsp3) is 0.316. The maximum Gasteiger partial charge on any atom is 0.283 e. The number of nitrogens with zero attached hydrogens (tertiary/aromatic N) is 4. The highest BCUT2D eigenvalue weighted by Gasteiger charge is 2.34. The van der Waals surface area contributed by atoms with E-state index in [2.05, 4.69) is 31.4 Å². The first-order valence-electron chi connectivity index (χ1n) is 9.03. The van der Waals surface area contributed by atoms with E-state index in [1.54, 1.807) is 10.9 Å². The molecule has 0 atom stereocenters. The number of rotatable bonds is 7. The fourth-order valence-corrected chi connectivity index (χ4v) is 4.10. The molecule has 10 heteroatoms. The molecule has 1 N–H and O–H groups in total. The molecule has 1 aliphatic rings. The Labute approximate surface area is 179 Å². The highest BCUT2D eigenvalue weighted by atomic mass is 79.9. The standard InChI is InChI=1S/C19H17BrClF2N5O/c20-15-16(18(22)23)25-28(17(15)12-6-7-12)10-14(29)24-19-13(21)9-27(26-19)8-11-4-2-1-3-5-11/h1-5,9,12,18H,6-8,10H2,(H,24,26,29). The lowest BCUT2D eigenvalue weighted by molar-refractivity contribution is -0.117. The van der Waals surface area contributed by atoms with Gasteiger partial charge in [-0.3, -0.25) is 14.2 Å². The third-order valence-electron chi connectivity index (χ3n) is 4.58. The molecule has 1 aromatic carbocycles. The van der Waals surface area contributed by atoms with Gasteiger partial charge in [0.2, 0.25) is 5.91 Å². The Bertz CT molecular complexity index is 1030. The summed E-state index contributed by atoms with van der Waals surface area (Å²) in [5.74, 6) is -0.0682. The van der Waals surface area contributed by atoms with Gasteiger partial charge in [-0.05, 0) is 34.3 Å². The smallest absolute Gasteiger partial charge is 0.283 e. The van der Waals surface area contributed by atoms with Crippen LogP contribution in [0, 0.1) is 0 Å². The van der Waals surface area contributed by atoms with Crippen LogP contribution in [-0.2, 0) is 17.9 Å². The van der Waals surface area contributed by atoms with Crippen molar-refractivity contribution in [1.29, 1.82) is 0 Å². The number of carbonyl (C=O) groups excluding carboxylic acids is 1. The van der Waals surface area contributed by atoms with E-state index in [0.29, 0.717) is 17.3 Å². The van der Waals surface area contributed by atoms with E-state index >= 15 is 0 Å². The molecule has 0 aliphatic heterocycles. The number of alkyl halides is 2. The van der Waals surface area contributed by atoms with Crippen LogP contribution in [0.25, 0.3) is 0 Å². The lowest BCUT2D eigenvalue weighted by atomic mass is 10.2. The summed E-state index contributed by atoms with van der Waals surface area (Å²) in [5, 5.41) is 11.2. The number of amides is 1. The van der Waals surface area contributed by atoms with Crippen LogP contribution in [0.5, 0.6) is 0 Å². The van der Waals surface area contributed by atoms with Crippen molar-refractivity contribution in [2.24, 2.45) is 0 Å². The molecule has 1 saturated carbocycles. The molecule has 1 fully saturated rings. The van der Waals surface area contributed by atoms with Gasteiger partial charge >= 0.3 is 0 Å². The zero-order valence-corrected chi connectivity index (χ0v) is 17.5. The summed E-state index contributed by atoms with van der Waals surface area (Å²) in [7, 11) is 0. The van der Waals surface area contributed by atoms with Crippen LogP contribution in [0.2, 0.25) is 5.02 Å². The first-order valence-corrected chi connectivity index (χ1v) is 10.2. The quantitative estimate of drug-likeness (QED) is 0.513. The molecule has 152 valence electrons. The van der Waals surface area contributed by atoms with E-state index < -0.39 is 12.3 Å². The van der Waals surface area contributed by atoms with Crippen molar-refractivity contribution in [2.45, 2.75) is 38.3 Å². The summed E-state index contributed by atoms with van der Waals surface area (Å²) in [5.41, 5.74) is 1.33. The van der Waals surface area contributed by atoms with Crippen LogP contribution in [0.4, 0.5) is 14.6 Å². The Morgan fingerprint density at radius 1 is 1.28 bits per heavy atom. The minimum absolute atomic E-state index is 0.144. The largest absolute Gasteiger partial charge is 0.306 e. The minimum Gasteiger partial charge on any atom is -0.306 e. The predicted molar refractivity (Wildman–Crippen MR) is 108 cm³/mol. The highest BCUT2D eigenvalue weighted by Crippen LogP contribution is 2.45. The fourth-order valence-electron chi connectivity index (χ4n) is 3.12. The van der Waals surface area contributed by atoms with Gasteiger partial charge < -0.3 is 5.32 Å². The number of halogens is 4. The molecule has 0 spiro atoms. The SMILES string of the molecule is O=C(Cn1nc(C(F)F)c(Br)c1C1CC1)Nc1nn(Cc2ccccc2)cc1Cl. The average molecular weight is 485 g/mol. The minimum atomic E-state index is -2.71. The van der Waals surface area contributed by atoms with Gasteiger partial charge in [0.05, 0.1) is 16.7 Å². The zero-order chi connectivity index (χ0) is 20.5. The summed E-state index contributed by atoms with van der Waals surface area (Å²) in [4.78, 5) is 12.5. The summed E-state index contributed by atoms with van der Waals surface area (Å²) in [6.07, 6.45) is 0.697. The maximum absolute atomic E-state index is 13.2. The van der Waals surface area contributed by atoms with Gasteiger partial charge in [-0.2, -0.15) is 10.2 Å². The number of hydrogen-bond acceptors (Lipinski definition) is 3. The lowest BCUT2D eigenvalue weighted by Gasteiger charge is -2.07. The number of nitrogens with one attached hydrogen (secondary N) is 1. The second-order valence-corrected chi connectivity index (χ2v) is 8.07. The van der Waals surface area contributed by atoms with Crippen molar-refractivity contribution in [3.63, 3.8) is 0 Å². The number of benzene rings is 1. The molecule has 2 heterocycles. The summed E-state index contributed by atoms with van der Waals surface area (Å²) in [6, 6.07) is 9.70. The van der Waals surface area contributed by atoms with Crippen LogP contribution in [0.15, 0.2) is 41.0 Å². The molecule has 29 heavy (non-hydrogen) atoms. The Hall–Kier alpha value is -2.26. The second kappa shape index (κ2) is 8.23. The molecule has 1 amide bonds. The Morgan fingerprint density at radius 2 is 2.00 bits per heavy atom. The molecule has 6 nitrogen and oxygen atoms in total. The van der Waals surface area contributed by atoms with Gasteiger partial charge in [0.1, 0.15) is 17.3 Å². The molecule has 0 saturated heterocycles. The molecule has 0 unspecified atom stereocenters. The highest BCUT2D eigenvalue weighted by molar-refractivity contribution is 9.10. The first-order chi connectivity index (χ1) is 13.9. The molecule has 0 bridgehead atoms. The molecule has 1 aliphatic carbocycles. The van der Waals surface area contributed by atoms with Crippen LogP contribution >= 0.6 is 27.5 Å². The van der Waals surface area contributed by atoms with Crippen molar-refractivity contribution in [1.82, 2.24) is 19.6 Å². The van der Waals surface area contributed by atoms with E-state index in [-0.39, 0.29) is 28.4 Å². The van der Waals surface area contributed by atoms with Crippen molar-refractivity contribution in [3.8, 4) is 0 Å². The normalized spacial score (nSPS) is 13.8. The maximum atomic E-state index is 13.2. The van der Waals surface area contributed by atoms with Gasteiger partial charge in [-0.15, -0.1) is 0 Å². The van der Waals surface area contributed by atoms with E-state index in [0.717, 1.165) is 18.4 Å². The van der Waals surface area contributed by atoms with Crippen LogP contribution in [0.1, 0.15) is 42.1 Å². The number of carbonyl (C=O) groups is 1. The number of anilines is 1. The van der Waals surface area contributed by atoms with E-state index in [4.69, 9.17) is 11.6 Å². The van der Waals surface area contributed by atoms with Gasteiger partial charge in [0.15, 0.2) is 5.82 Å². The second-order valence-electron chi connectivity index (χ2n) is 6.87. The van der Waals surface area contributed by atoms with Crippen molar-refractivity contribution in [2.75, 3.05) is 5.32 Å². The Morgan fingerprint density at radius 3 is 2.66 bits per heavy atom. The third-order valence-corrected chi connectivity index (χ3v) is 5.67. The van der Waals surface area contributed by atoms with Crippen molar-refractivity contribution < 1.29 is 13.6 Å². The van der Waals surface area contributed by atoms with E-state index in [9.17, 15) is 13.6 Å². The molecule has 4 rings (SSSR count). The van der Waals surface area contributed by atoms with Gasteiger partial charge in [-0.25, -0.2) is 8.78 Å². The molecule has 2 aromatic heterocycles. The van der Waals surface area contributed by atoms with Crippen LogP contribution in [-0.4, -0.2) is 25.5 Å². The zero-order valence-electron chi connectivity index (χ0n) is 15.2. The summed E-state index contributed by atoms with van der Waals surface area (Å²) in [6.45, 7) is 0.311. The van der Waals surface area contributed by atoms with Gasteiger partial charge in [-0.1, -0.05) is 41.9 Å². The van der Waals surface area contributed by atoms with Gasteiger partial charge in [0.25, 0.3) is 6.43 Å².